The van der Waals surface area contributed by atoms with Gasteiger partial charge < -0.3 is 10.6 Å². The number of amides is 1. The lowest BCUT2D eigenvalue weighted by molar-refractivity contribution is 0.0941. The van der Waals surface area contributed by atoms with Gasteiger partial charge in [0.15, 0.2) is 0 Å². The average molecular weight is 251 g/mol. The van der Waals surface area contributed by atoms with Gasteiger partial charge in [-0.25, -0.2) is 0 Å². The van der Waals surface area contributed by atoms with Crippen molar-refractivity contribution in [3.8, 4) is 0 Å². The maximum Gasteiger partial charge on any atom is 0.255 e. The largest absolute Gasteiger partial charge is 0.387 e. The predicted molar refractivity (Wildman–Crippen MR) is 71.7 cm³/mol. The SMILES string of the molecule is CNc1cc(C)ncc1C(=O)NC1CCSC1. The third-order valence-electron chi connectivity index (χ3n) is 2.82. The third-order valence-corrected chi connectivity index (χ3v) is 3.98. The molecule has 2 N–H and O–H groups in total. The van der Waals surface area contributed by atoms with Gasteiger partial charge in [-0.05, 0) is 25.2 Å². The number of nitrogens with one attached hydrogen (secondary N) is 2. The summed E-state index contributed by atoms with van der Waals surface area (Å²) in [6, 6.07) is 2.19. The van der Waals surface area contributed by atoms with Crippen LogP contribution in [0.3, 0.4) is 0 Å². The Hall–Kier alpha value is -1.23. The lowest BCUT2D eigenvalue weighted by Gasteiger charge is -2.13. The molecule has 92 valence electrons. The van der Waals surface area contributed by atoms with E-state index in [0.717, 1.165) is 29.3 Å². The molecule has 2 heterocycles. The van der Waals surface area contributed by atoms with Crippen LogP contribution in [0.1, 0.15) is 22.5 Å². The van der Waals surface area contributed by atoms with Crippen LogP contribution in [-0.4, -0.2) is 35.5 Å². The maximum absolute atomic E-state index is 12.1. The molecule has 1 amide bonds. The highest BCUT2D eigenvalue weighted by Gasteiger charge is 2.20. The number of thioether (sulfide) groups is 1. The number of aryl methyl sites for hydroxylation is 1. The molecule has 17 heavy (non-hydrogen) atoms. The Balaban J connectivity index is 2.12. The van der Waals surface area contributed by atoms with Gasteiger partial charge in [-0.2, -0.15) is 11.8 Å². The standard InChI is InChI=1S/C12H17N3OS/c1-8-5-11(13-2)10(6-14-8)12(16)15-9-3-4-17-7-9/h5-6,9H,3-4,7H2,1-2H3,(H,13,14)(H,15,16). The first kappa shape index (κ1) is 12.2. The predicted octanol–water partition coefficient (Wildman–Crippen LogP) is 1.67. The Kier molecular flexibility index (Phi) is 3.89. The summed E-state index contributed by atoms with van der Waals surface area (Å²) in [6.45, 7) is 1.91. The van der Waals surface area contributed by atoms with Gasteiger partial charge in [-0.1, -0.05) is 0 Å². The quantitative estimate of drug-likeness (QED) is 0.858. The summed E-state index contributed by atoms with van der Waals surface area (Å²) in [7, 11) is 1.82. The Morgan fingerprint density at radius 3 is 3.06 bits per heavy atom. The van der Waals surface area contributed by atoms with Crippen LogP contribution in [0.2, 0.25) is 0 Å². The summed E-state index contributed by atoms with van der Waals surface area (Å²) in [5.41, 5.74) is 2.36. The van der Waals surface area contributed by atoms with Gasteiger partial charge in [0.05, 0.1) is 11.3 Å². The summed E-state index contributed by atoms with van der Waals surface area (Å²) in [5, 5.41) is 6.09. The Morgan fingerprint density at radius 1 is 1.59 bits per heavy atom. The zero-order valence-electron chi connectivity index (χ0n) is 10.1. The smallest absolute Gasteiger partial charge is 0.255 e. The normalized spacial score (nSPS) is 19.1. The molecule has 0 aliphatic carbocycles. The molecule has 1 saturated heterocycles. The molecule has 1 aliphatic rings. The van der Waals surface area contributed by atoms with E-state index >= 15 is 0 Å². The fourth-order valence-corrected chi connectivity index (χ4v) is 3.01. The first-order valence-electron chi connectivity index (χ1n) is 5.73. The molecule has 1 fully saturated rings. The topological polar surface area (TPSA) is 54.0 Å². The fraction of sp³-hybridized carbons (Fsp3) is 0.500. The van der Waals surface area contributed by atoms with Crippen LogP contribution < -0.4 is 10.6 Å². The highest BCUT2D eigenvalue weighted by molar-refractivity contribution is 7.99. The van der Waals surface area contributed by atoms with E-state index in [2.05, 4.69) is 15.6 Å². The summed E-state index contributed by atoms with van der Waals surface area (Å²) in [6.07, 6.45) is 2.70. The highest BCUT2D eigenvalue weighted by atomic mass is 32.2. The molecule has 0 aromatic carbocycles. The second kappa shape index (κ2) is 5.40. The number of aromatic nitrogens is 1. The lowest BCUT2D eigenvalue weighted by atomic mass is 10.1. The number of hydrogen-bond acceptors (Lipinski definition) is 4. The maximum atomic E-state index is 12.1. The minimum absolute atomic E-state index is 0.0330. The number of rotatable bonds is 3. The van der Waals surface area contributed by atoms with Crippen LogP contribution in [0.5, 0.6) is 0 Å². The van der Waals surface area contributed by atoms with Gasteiger partial charge in [-0.3, -0.25) is 9.78 Å². The van der Waals surface area contributed by atoms with Crippen molar-refractivity contribution >= 4 is 23.4 Å². The minimum Gasteiger partial charge on any atom is -0.387 e. The van der Waals surface area contributed by atoms with Crippen LogP contribution in [0.15, 0.2) is 12.3 Å². The molecule has 2 rings (SSSR count). The van der Waals surface area contributed by atoms with E-state index in [1.807, 2.05) is 31.8 Å². The zero-order valence-corrected chi connectivity index (χ0v) is 10.9. The number of anilines is 1. The van der Waals surface area contributed by atoms with Crippen molar-refractivity contribution in [3.05, 3.63) is 23.5 Å². The second-order valence-corrected chi connectivity index (χ2v) is 5.31. The van der Waals surface area contributed by atoms with E-state index in [4.69, 9.17) is 0 Å². The minimum atomic E-state index is -0.0330. The summed E-state index contributed by atoms with van der Waals surface area (Å²) >= 11 is 1.89. The Morgan fingerprint density at radius 2 is 2.41 bits per heavy atom. The first-order valence-corrected chi connectivity index (χ1v) is 6.89. The molecule has 1 aliphatic heterocycles. The van der Waals surface area contributed by atoms with Crippen molar-refractivity contribution in [2.75, 3.05) is 23.9 Å². The molecule has 1 atom stereocenters. The van der Waals surface area contributed by atoms with E-state index < -0.39 is 0 Å². The van der Waals surface area contributed by atoms with Crippen molar-refractivity contribution < 1.29 is 4.79 Å². The van der Waals surface area contributed by atoms with E-state index in [9.17, 15) is 4.79 Å². The number of carbonyl (C=O) groups excluding carboxylic acids is 1. The van der Waals surface area contributed by atoms with Crippen molar-refractivity contribution in [3.63, 3.8) is 0 Å². The summed E-state index contributed by atoms with van der Waals surface area (Å²) in [4.78, 5) is 16.3. The van der Waals surface area contributed by atoms with Crippen molar-refractivity contribution in [2.45, 2.75) is 19.4 Å². The molecule has 0 spiro atoms. The molecule has 0 radical (unpaired) electrons. The number of nitrogens with zero attached hydrogens (tertiary/aromatic N) is 1. The van der Waals surface area contributed by atoms with Gasteiger partial charge in [-0.15, -0.1) is 0 Å². The van der Waals surface area contributed by atoms with E-state index in [-0.39, 0.29) is 5.91 Å². The molecule has 1 unspecified atom stereocenters. The second-order valence-electron chi connectivity index (χ2n) is 4.16. The monoisotopic (exact) mass is 251 g/mol. The van der Waals surface area contributed by atoms with Gasteiger partial charge in [0.2, 0.25) is 0 Å². The van der Waals surface area contributed by atoms with E-state index in [0.29, 0.717) is 11.6 Å². The number of pyridine rings is 1. The molecule has 1 aromatic heterocycles. The van der Waals surface area contributed by atoms with Crippen LogP contribution >= 0.6 is 11.8 Å². The first-order chi connectivity index (χ1) is 8.20. The third kappa shape index (κ3) is 2.91. The molecule has 0 bridgehead atoms. The molecule has 0 saturated carbocycles. The van der Waals surface area contributed by atoms with Crippen LogP contribution in [0, 0.1) is 6.92 Å². The Bertz CT molecular complexity index is 416. The van der Waals surface area contributed by atoms with Gasteiger partial charge >= 0.3 is 0 Å². The number of carbonyl (C=O) groups is 1. The molecule has 4 nitrogen and oxygen atoms in total. The van der Waals surface area contributed by atoms with Gasteiger partial charge in [0.25, 0.3) is 5.91 Å². The molecule has 1 aromatic rings. The summed E-state index contributed by atoms with van der Waals surface area (Å²) < 4.78 is 0. The van der Waals surface area contributed by atoms with Crippen LogP contribution in [-0.2, 0) is 0 Å². The van der Waals surface area contributed by atoms with Crippen molar-refractivity contribution in [1.82, 2.24) is 10.3 Å². The fourth-order valence-electron chi connectivity index (χ4n) is 1.86. The molecular weight excluding hydrogens is 234 g/mol. The summed E-state index contributed by atoms with van der Waals surface area (Å²) in [5.74, 6) is 2.12. The van der Waals surface area contributed by atoms with E-state index in [1.54, 1.807) is 6.20 Å². The number of hydrogen-bond donors (Lipinski definition) is 2. The van der Waals surface area contributed by atoms with Crippen LogP contribution in [0.4, 0.5) is 5.69 Å². The van der Waals surface area contributed by atoms with Crippen LogP contribution in [0.25, 0.3) is 0 Å². The van der Waals surface area contributed by atoms with Gasteiger partial charge in [0.1, 0.15) is 0 Å². The molecular formula is C12H17N3OS. The highest BCUT2D eigenvalue weighted by Crippen LogP contribution is 2.19. The Labute approximate surface area is 106 Å². The molecule has 5 heteroatoms. The zero-order chi connectivity index (χ0) is 12.3. The van der Waals surface area contributed by atoms with Gasteiger partial charge in [0, 0.05) is 30.7 Å². The van der Waals surface area contributed by atoms with Crippen molar-refractivity contribution in [1.29, 1.82) is 0 Å². The van der Waals surface area contributed by atoms with Crippen molar-refractivity contribution in [2.24, 2.45) is 0 Å². The lowest BCUT2D eigenvalue weighted by Crippen LogP contribution is -2.35. The average Bonchev–Trinajstić information content (AvgIpc) is 2.81. The van der Waals surface area contributed by atoms with E-state index in [1.165, 1.54) is 0 Å².